The molecule has 1 aromatic carbocycles. The first-order valence-corrected chi connectivity index (χ1v) is 10.6. The van der Waals surface area contributed by atoms with Crippen LogP contribution in [0.3, 0.4) is 0 Å². The van der Waals surface area contributed by atoms with Crippen LogP contribution in [-0.2, 0) is 19.1 Å². The SMILES string of the molecule is Fc1cc([18F])ccc1N1CCN(Cc2cc(C(F)(F)F)cn3c(CC4CC4)nnc23)CC1. The second kappa shape index (κ2) is 7.99. The van der Waals surface area contributed by atoms with Gasteiger partial charge in [-0.15, -0.1) is 10.2 Å². The first-order valence-electron chi connectivity index (χ1n) is 10.6. The van der Waals surface area contributed by atoms with E-state index in [2.05, 4.69) is 10.2 Å². The van der Waals surface area contributed by atoms with Crippen LogP contribution in [0.15, 0.2) is 30.5 Å². The Morgan fingerprint density at radius 1 is 0.969 bits per heavy atom. The van der Waals surface area contributed by atoms with E-state index in [1.54, 1.807) is 0 Å². The number of nitrogens with zero attached hydrogens (tertiary/aromatic N) is 5. The van der Waals surface area contributed by atoms with Crippen molar-refractivity contribution in [3.05, 3.63) is 59.0 Å². The first-order chi connectivity index (χ1) is 15.3. The Hall–Kier alpha value is -2.75. The van der Waals surface area contributed by atoms with E-state index in [0.29, 0.717) is 61.2 Å². The van der Waals surface area contributed by atoms with Gasteiger partial charge in [-0.3, -0.25) is 9.30 Å². The predicted octanol–water partition coefficient (Wildman–Crippen LogP) is 4.30. The summed E-state index contributed by atoms with van der Waals surface area (Å²) in [5, 5.41) is 8.36. The molecule has 0 N–H and O–H groups in total. The van der Waals surface area contributed by atoms with Gasteiger partial charge in [-0.05, 0) is 37.0 Å². The molecule has 5 rings (SSSR count). The first kappa shape index (κ1) is 21.1. The minimum atomic E-state index is -4.47. The molecule has 1 saturated carbocycles. The summed E-state index contributed by atoms with van der Waals surface area (Å²) < 4.78 is 69.4. The van der Waals surface area contributed by atoms with Crippen molar-refractivity contribution < 1.29 is 22.0 Å². The minimum Gasteiger partial charge on any atom is -0.367 e. The van der Waals surface area contributed by atoms with Crippen molar-refractivity contribution in [1.82, 2.24) is 19.5 Å². The van der Waals surface area contributed by atoms with E-state index >= 15 is 0 Å². The van der Waals surface area contributed by atoms with Gasteiger partial charge in [-0.25, -0.2) is 8.78 Å². The number of alkyl halides is 3. The number of halogens is 5. The maximum absolute atomic E-state index is 14.1. The van der Waals surface area contributed by atoms with Crippen molar-refractivity contribution in [3.8, 4) is 0 Å². The average Bonchev–Trinajstić information content (AvgIpc) is 3.46. The monoisotopic (exact) mass is 450 g/mol. The van der Waals surface area contributed by atoms with Crippen LogP contribution < -0.4 is 4.90 Å². The molecule has 0 amide bonds. The molecule has 0 unspecified atom stereocenters. The summed E-state index contributed by atoms with van der Waals surface area (Å²) in [4.78, 5) is 3.83. The highest BCUT2D eigenvalue weighted by Gasteiger charge is 2.33. The Bertz CT molecular complexity index is 1130. The van der Waals surface area contributed by atoms with Gasteiger partial charge in [0.2, 0.25) is 0 Å². The maximum Gasteiger partial charge on any atom is 0.417 e. The lowest BCUT2D eigenvalue weighted by atomic mass is 10.1. The lowest BCUT2D eigenvalue weighted by Crippen LogP contribution is -2.46. The van der Waals surface area contributed by atoms with E-state index < -0.39 is 23.4 Å². The van der Waals surface area contributed by atoms with Crippen LogP contribution >= 0.6 is 0 Å². The van der Waals surface area contributed by atoms with Crippen LogP contribution in [0.5, 0.6) is 0 Å². The normalized spacial score (nSPS) is 18.0. The maximum atomic E-state index is 14.1. The second-order valence-electron chi connectivity index (χ2n) is 8.57. The lowest BCUT2D eigenvalue weighted by Gasteiger charge is -2.36. The predicted molar refractivity (Wildman–Crippen MR) is 108 cm³/mol. The summed E-state index contributed by atoms with van der Waals surface area (Å²) in [6, 6.07) is 4.63. The number of piperazine rings is 1. The number of anilines is 1. The van der Waals surface area contributed by atoms with Gasteiger partial charge in [0.25, 0.3) is 0 Å². The molecule has 32 heavy (non-hydrogen) atoms. The Morgan fingerprint density at radius 2 is 1.72 bits per heavy atom. The zero-order valence-electron chi connectivity index (χ0n) is 17.2. The third-order valence-corrected chi connectivity index (χ3v) is 6.16. The van der Waals surface area contributed by atoms with E-state index in [9.17, 15) is 22.0 Å². The van der Waals surface area contributed by atoms with Gasteiger partial charge >= 0.3 is 6.18 Å². The molecule has 10 heteroatoms. The largest absolute Gasteiger partial charge is 0.417 e. The number of hydrogen-bond donors (Lipinski definition) is 0. The summed E-state index contributed by atoms with van der Waals surface area (Å²) >= 11 is 0. The van der Waals surface area contributed by atoms with Gasteiger partial charge in [0, 0.05) is 57.0 Å². The van der Waals surface area contributed by atoms with Gasteiger partial charge in [-0.1, -0.05) is 0 Å². The molecule has 3 aromatic rings. The summed E-state index contributed by atoms with van der Waals surface area (Å²) in [5.74, 6) is -0.218. The van der Waals surface area contributed by atoms with Gasteiger partial charge in [-0.2, -0.15) is 13.2 Å². The second-order valence-corrected chi connectivity index (χ2v) is 8.57. The zero-order valence-corrected chi connectivity index (χ0v) is 17.2. The van der Waals surface area contributed by atoms with E-state index in [1.165, 1.54) is 16.5 Å². The van der Waals surface area contributed by atoms with Crippen LogP contribution in [0.1, 0.15) is 29.8 Å². The molecule has 0 bridgehead atoms. The molecule has 0 radical (unpaired) electrons. The number of hydrogen-bond acceptors (Lipinski definition) is 4. The topological polar surface area (TPSA) is 36.7 Å². The van der Waals surface area contributed by atoms with Crippen LogP contribution in [-0.4, -0.2) is 45.7 Å². The summed E-state index contributed by atoms with van der Waals surface area (Å²) in [5.41, 5.74) is 0.523. The van der Waals surface area contributed by atoms with Crippen LogP contribution in [0.2, 0.25) is 0 Å². The van der Waals surface area contributed by atoms with Crippen LogP contribution in [0.25, 0.3) is 5.65 Å². The quantitative estimate of drug-likeness (QED) is 0.544. The average molecular weight is 450 g/mol. The molecular weight excluding hydrogens is 428 g/mol. The molecule has 170 valence electrons. The zero-order chi connectivity index (χ0) is 22.5. The van der Waals surface area contributed by atoms with Crippen molar-refractivity contribution in [2.75, 3.05) is 31.1 Å². The fourth-order valence-electron chi connectivity index (χ4n) is 4.22. The van der Waals surface area contributed by atoms with E-state index in [4.69, 9.17) is 0 Å². The molecule has 2 aromatic heterocycles. The minimum absolute atomic E-state index is 0.286. The van der Waals surface area contributed by atoms with Crippen molar-refractivity contribution in [3.63, 3.8) is 0 Å². The Kier molecular flexibility index (Phi) is 5.27. The van der Waals surface area contributed by atoms with Crippen molar-refractivity contribution in [1.29, 1.82) is 0 Å². The van der Waals surface area contributed by atoms with Gasteiger partial charge in [0.05, 0.1) is 11.3 Å². The Balaban J connectivity index is 1.36. The third-order valence-electron chi connectivity index (χ3n) is 6.16. The molecular formula is C22H22F5N5. The number of pyridine rings is 1. The van der Waals surface area contributed by atoms with Crippen molar-refractivity contribution in [2.24, 2.45) is 5.92 Å². The highest BCUT2D eigenvalue weighted by molar-refractivity contribution is 5.51. The Labute approximate surface area is 181 Å². The molecule has 1 saturated heterocycles. The van der Waals surface area contributed by atoms with Crippen LogP contribution in [0, 0.1) is 17.6 Å². The fraction of sp³-hybridized carbons (Fsp3) is 0.455. The van der Waals surface area contributed by atoms with Gasteiger partial charge in [0.15, 0.2) is 5.65 Å². The molecule has 0 atom stereocenters. The number of benzene rings is 1. The molecule has 1 aliphatic carbocycles. The van der Waals surface area contributed by atoms with Crippen LogP contribution in [0.4, 0.5) is 27.6 Å². The number of fused-ring (bicyclic) bond motifs is 1. The highest BCUT2D eigenvalue weighted by atomic mass is 19.4. The van der Waals surface area contributed by atoms with Crippen molar-refractivity contribution >= 4 is 11.3 Å². The summed E-state index contributed by atoms with van der Waals surface area (Å²) in [7, 11) is 0. The molecule has 1 aliphatic heterocycles. The number of aromatic nitrogens is 3. The fourth-order valence-corrected chi connectivity index (χ4v) is 4.22. The van der Waals surface area contributed by atoms with Crippen molar-refractivity contribution in [2.45, 2.75) is 32.0 Å². The molecule has 2 aliphatic rings. The smallest absolute Gasteiger partial charge is 0.367 e. The van der Waals surface area contributed by atoms with Gasteiger partial charge < -0.3 is 4.90 Å². The molecule has 0 spiro atoms. The molecule has 2 fully saturated rings. The van der Waals surface area contributed by atoms with E-state index in [0.717, 1.165) is 31.2 Å². The molecule has 5 nitrogen and oxygen atoms in total. The van der Waals surface area contributed by atoms with Gasteiger partial charge in [0.1, 0.15) is 17.5 Å². The Morgan fingerprint density at radius 3 is 2.38 bits per heavy atom. The highest BCUT2D eigenvalue weighted by Crippen LogP contribution is 2.34. The number of rotatable bonds is 5. The van der Waals surface area contributed by atoms with E-state index in [-0.39, 0.29) is 6.54 Å². The molecule has 3 heterocycles. The summed E-state index contributed by atoms with van der Waals surface area (Å²) in [6.45, 7) is 2.31. The lowest BCUT2D eigenvalue weighted by molar-refractivity contribution is -0.137. The third kappa shape index (κ3) is 4.28. The standard InChI is InChI=1S/C22H22F5N5/c23-17-3-4-19(18(24)11-17)31-7-5-30(6-8-31)12-15-10-16(22(25,26)27)13-32-20(9-14-1-2-14)28-29-21(15)32/h3-4,10-11,13-14H,1-2,5-9,12H2/i23-1. The summed E-state index contributed by atoms with van der Waals surface area (Å²) in [6.07, 6.45) is -0.613. The van der Waals surface area contributed by atoms with E-state index in [1.807, 2.05) is 9.80 Å².